The fourth-order valence-electron chi connectivity index (χ4n) is 3.48. The van der Waals surface area contributed by atoms with Crippen molar-refractivity contribution in [2.75, 3.05) is 26.2 Å². The number of nitriles is 1. The topological polar surface area (TPSA) is 64.6 Å². The summed E-state index contributed by atoms with van der Waals surface area (Å²) in [7, 11) is 0. The van der Waals surface area contributed by atoms with E-state index < -0.39 is 0 Å². The largest absolute Gasteiger partial charge is 0.298 e. The predicted molar refractivity (Wildman–Crippen MR) is 106 cm³/mol. The van der Waals surface area contributed by atoms with Crippen LogP contribution in [0.3, 0.4) is 0 Å². The molecule has 1 fully saturated rings. The van der Waals surface area contributed by atoms with Gasteiger partial charge < -0.3 is 0 Å². The number of thiazole rings is 1. The summed E-state index contributed by atoms with van der Waals surface area (Å²) in [6.07, 6.45) is 2.86. The Morgan fingerprint density at radius 1 is 1.07 bits per heavy atom. The van der Waals surface area contributed by atoms with E-state index in [1.807, 2.05) is 29.6 Å². The summed E-state index contributed by atoms with van der Waals surface area (Å²) in [6, 6.07) is 11.6. The van der Waals surface area contributed by atoms with Gasteiger partial charge in [0.05, 0.1) is 17.3 Å². The quantitative estimate of drug-likeness (QED) is 0.696. The van der Waals surface area contributed by atoms with E-state index >= 15 is 0 Å². The lowest BCUT2D eigenvalue weighted by molar-refractivity contribution is 0.245. The summed E-state index contributed by atoms with van der Waals surface area (Å²) in [6.45, 7) is 5.63. The summed E-state index contributed by atoms with van der Waals surface area (Å²) >= 11 is 1.49. The van der Waals surface area contributed by atoms with Crippen molar-refractivity contribution >= 4 is 16.3 Å². The van der Waals surface area contributed by atoms with E-state index in [1.165, 1.54) is 16.9 Å². The average Bonchev–Trinajstić information content (AvgIpc) is 3.05. The van der Waals surface area contributed by atoms with Crippen LogP contribution in [-0.2, 0) is 13.1 Å². The summed E-state index contributed by atoms with van der Waals surface area (Å²) in [5.41, 5.74) is 2.78. The zero-order valence-corrected chi connectivity index (χ0v) is 15.9. The molecular formula is C20H21N5OS. The molecule has 0 amide bonds. The number of rotatable bonds is 4. The Bertz CT molecular complexity index is 1020. The SMILES string of the molecule is N#Cc1ccc(CN2CCCN(Cc3cc(=O)n4ccsc4n3)CC2)cc1. The molecule has 0 unspecified atom stereocenters. The lowest BCUT2D eigenvalue weighted by atomic mass is 10.1. The maximum atomic E-state index is 12.2. The molecular weight excluding hydrogens is 358 g/mol. The molecule has 0 spiro atoms. The van der Waals surface area contributed by atoms with Gasteiger partial charge in [0.1, 0.15) is 0 Å². The van der Waals surface area contributed by atoms with Gasteiger partial charge in [-0.05, 0) is 37.2 Å². The smallest absolute Gasteiger partial charge is 0.258 e. The third kappa shape index (κ3) is 4.25. The van der Waals surface area contributed by atoms with E-state index in [0.717, 1.165) is 49.8 Å². The normalized spacial score (nSPS) is 16.3. The second-order valence-electron chi connectivity index (χ2n) is 6.86. The third-order valence-corrected chi connectivity index (χ3v) is 5.67. The molecule has 0 saturated carbocycles. The molecule has 1 aromatic carbocycles. The highest BCUT2D eigenvalue weighted by Crippen LogP contribution is 2.13. The minimum atomic E-state index is -0.00601. The maximum Gasteiger partial charge on any atom is 0.258 e. The summed E-state index contributed by atoms with van der Waals surface area (Å²) < 4.78 is 1.59. The molecule has 0 bridgehead atoms. The first kappa shape index (κ1) is 17.9. The maximum absolute atomic E-state index is 12.2. The van der Waals surface area contributed by atoms with E-state index in [9.17, 15) is 4.79 Å². The average molecular weight is 379 g/mol. The Morgan fingerprint density at radius 2 is 1.81 bits per heavy atom. The Morgan fingerprint density at radius 3 is 2.56 bits per heavy atom. The van der Waals surface area contributed by atoms with Crippen molar-refractivity contribution in [3.8, 4) is 6.07 Å². The molecule has 3 aromatic rings. The van der Waals surface area contributed by atoms with Gasteiger partial charge in [-0.3, -0.25) is 19.0 Å². The molecule has 1 aliphatic heterocycles. The highest BCUT2D eigenvalue weighted by molar-refractivity contribution is 7.15. The van der Waals surface area contributed by atoms with E-state index in [0.29, 0.717) is 12.1 Å². The predicted octanol–water partition coefficient (Wildman–Crippen LogP) is 2.34. The Labute approximate surface area is 161 Å². The first-order valence-corrected chi connectivity index (χ1v) is 9.99. The van der Waals surface area contributed by atoms with Crippen molar-refractivity contribution in [1.29, 1.82) is 5.26 Å². The number of benzene rings is 1. The number of hydrogen-bond donors (Lipinski definition) is 0. The summed E-state index contributed by atoms with van der Waals surface area (Å²) in [5.74, 6) is 0. The van der Waals surface area contributed by atoms with Crippen LogP contribution in [0.15, 0.2) is 46.7 Å². The van der Waals surface area contributed by atoms with Gasteiger partial charge in [0.15, 0.2) is 4.96 Å². The van der Waals surface area contributed by atoms with Gasteiger partial charge in [-0.15, -0.1) is 11.3 Å². The highest BCUT2D eigenvalue weighted by Gasteiger charge is 2.16. The Hall–Kier alpha value is -2.53. The van der Waals surface area contributed by atoms with Crippen LogP contribution in [0.25, 0.3) is 4.96 Å². The van der Waals surface area contributed by atoms with Crippen molar-refractivity contribution in [2.45, 2.75) is 19.5 Å². The van der Waals surface area contributed by atoms with Crippen molar-refractivity contribution in [1.82, 2.24) is 19.2 Å². The van der Waals surface area contributed by atoms with Crippen LogP contribution < -0.4 is 5.56 Å². The van der Waals surface area contributed by atoms with Crippen LogP contribution in [0, 0.1) is 11.3 Å². The minimum absolute atomic E-state index is 0.00601. The lowest BCUT2D eigenvalue weighted by Crippen LogP contribution is -2.31. The zero-order chi connectivity index (χ0) is 18.6. The number of fused-ring (bicyclic) bond motifs is 1. The van der Waals surface area contributed by atoms with Gasteiger partial charge in [-0.1, -0.05) is 12.1 Å². The second-order valence-corrected chi connectivity index (χ2v) is 7.73. The molecule has 6 nitrogen and oxygen atoms in total. The van der Waals surface area contributed by atoms with E-state index in [-0.39, 0.29) is 5.56 Å². The van der Waals surface area contributed by atoms with Gasteiger partial charge in [0.25, 0.3) is 5.56 Å². The lowest BCUT2D eigenvalue weighted by Gasteiger charge is -2.21. The Kier molecular flexibility index (Phi) is 5.30. The monoisotopic (exact) mass is 379 g/mol. The Balaban J connectivity index is 1.37. The fourth-order valence-corrected chi connectivity index (χ4v) is 4.22. The second kappa shape index (κ2) is 8.01. The molecule has 7 heteroatoms. The molecule has 0 radical (unpaired) electrons. The standard InChI is InChI=1S/C20H21N5OS/c21-13-16-2-4-17(5-3-16)14-23-6-1-7-24(9-8-23)15-18-12-19(26)25-10-11-27-20(25)22-18/h2-5,10-12H,1,6-9,14-15H2. The number of nitrogens with zero attached hydrogens (tertiary/aromatic N) is 5. The molecule has 4 rings (SSSR count). The molecule has 0 N–H and O–H groups in total. The molecule has 2 aromatic heterocycles. The van der Waals surface area contributed by atoms with Gasteiger partial charge in [-0.2, -0.15) is 5.26 Å². The molecule has 0 atom stereocenters. The van der Waals surface area contributed by atoms with Gasteiger partial charge in [-0.25, -0.2) is 4.98 Å². The first-order chi connectivity index (χ1) is 13.2. The molecule has 0 aliphatic carbocycles. The highest BCUT2D eigenvalue weighted by atomic mass is 32.1. The molecule has 27 heavy (non-hydrogen) atoms. The number of hydrogen-bond acceptors (Lipinski definition) is 6. The van der Waals surface area contributed by atoms with Crippen LogP contribution >= 0.6 is 11.3 Å². The molecule has 1 saturated heterocycles. The molecule has 3 heterocycles. The zero-order valence-electron chi connectivity index (χ0n) is 15.0. The summed E-state index contributed by atoms with van der Waals surface area (Å²) in [5, 5.41) is 10.8. The minimum Gasteiger partial charge on any atom is -0.298 e. The first-order valence-electron chi connectivity index (χ1n) is 9.11. The van der Waals surface area contributed by atoms with Gasteiger partial charge in [0.2, 0.25) is 0 Å². The third-order valence-electron chi connectivity index (χ3n) is 4.91. The molecule has 138 valence electrons. The molecule has 1 aliphatic rings. The van der Waals surface area contributed by atoms with E-state index in [2.05, 4.69) is 20.9 Å². The van der Waals surface area contributed by atoms with Crippen LogP contribution in [0.2, 0.25) is 0 Å². The van der Waals surface area contributed by atoms with Crippen LogP contribution in [0.5, 0.6) is 0 Å². The van der Waals surface area contributed by atoms with Crippen molar-refractivity contribution in [3.05, 3.63) is 69.1 Å². The van der Waals surface area contributed by atoms with Gasteiger partial charge in [0, 0.05) is 43.8 Å². The van der Waals surface area contributed by atoms with Crippen molar-refractivity contribution < 1.29 is 0 Å². The fraction of sp³-hybridized carbons (Fsp3) is 0.350. The van der Waals surface area contributed by atoms with E-state index in [4.69, 9.17) is 5.26 Å². The number of aromatic nitrogens is 2. The van der Waals surface area contributed by atoms with E-state index in [1.54, 1.807) is 16.7 Å². The summed E-state index contributed by atoms with van der Waals surface area (Å²) in [4.78, 5) is 22.4. The van der Waals surface area contributed by atoms with Crippen LogP contribution in [0.1, 0.15) is 23.2 Å². The van der Waals surface area contributed by atoms with Crippen molar-refractivity contribution in [3.63, 3.8) is 0 Å². The van der Waals surface area contributed by atoms with Crippen LogP contribution in [0.4, 0.5) is 0 Å². The van der Waals surface area contributed by atoms with Crippen molar-refractivity contribution in [2.24, 2.45) is 0 Å². The van der Waals surface area contributed by atoms with Gasteiger partial charge >= 0.3 is 0 Å². The van der Waals surface area contributed by atoms with Crippen LogP contribution in [-0.4, -0.2) is 45.4 Å².